The molecule has 1 saturated carbocycles. The lowest BCUT2D eigenvalue weighted by Crippen LogP contribution is -2.52. The topological polar surface area (TPSA) is 93.1 Å². The number of nitriles is 1. The zero-order valence-electron chi connectivity index (χ0n) is 13.8. The number of fused-ring (bicyclic) bond motifs is 1. The number of nitrogens with zero attached hydrogens (tertiary/aromatic N) is 3. The third-order valence-corrected chi connectivity index (χ3v) is 5.51. The number of piperidine rings is 1. The second kappa shape index (κ2) is 6.58. The van der Waals surface area contributed by atoms with Gasteiger partial charge in [-0.05, 0) is 25.3 Å². The summed E-state index contributed by atoms with van der Waals surface area (Å²) in [7, 11) is 0. The lowest BCUT2D eigenvalue weighted by Gasteiger charge is -2.35. The summed E-state index contributed by atoms with van der Waals surface area (Å²) < 4.78 is 13.4. The number of rotatable bonds is 3. The molecule has 3 N–H and O–H groups in total. The molecule has 132 valence electrons. The number of hydrazine groups is 1. The first-order valence-electron chi connectivity index (χ1n) is 8.77. The Morgan fingerprint density at radius 3 is 3.04 bits per heavy atom. The van der Waals surface area contributed by atoms with Crippen LogP contribution in [-0.2, 0) is 4.79 Å². The molecular weight excluding hydrogens is 323 g/mol. The molecule has 0 spiro atoms. The van der Waals surface area contributed by atoms with E-state index in [1.54, 1.807) is 6.07 Å². The Morgan fingerprint density at radius 2 is 2.24 bits per heavy atom. The standard InChI is InChI=1S/C17H21FN6O/c18-14-8-11(4-6-20-14)22-16-15-13(5-7-21-17(15)25)24(23-16)12-3-1-2-10(12)9-19/h4,6,8,10,12-13,15-16,23H,1-3,5,7H2,(H,20,22)(H,21,25)/t10-,12+,13?,15?,16?/m1/s1. The van der Waals surface area contributed by atoms with Crippen LogP contribution in [0, 0.1) is 29.1 Å². The number of nitrogens with one attached hydrogen (secondary N) is 3. The van der Waals surface area contributed by atoms with Crippen LogP contribution in [0.4, 0.5) is 10.1 Å². The van der Waals surface area contributed by atoms with E-state index >= 15 is 0 Å². The molecule has 3 aliphatic rings. The van der Waals surface area contributed by atoms with Gasteiger partial charge >= 0.3 is 0 Å². The van der Waals surface area contributed by atoms with Crippen molar-refractivity contribution < 1.29 is 9.18 Å². The van der Waals surface area contributed by atoms with E-state index in [0.717, 1.165) is 25.7 Å². The fourth-order valence-electron chi connectivity index (χ4n) is 4.40. The SMILES string of the molecule is N#C[C@H]1CCC[C@@H]1N1NC(Nc2ccnc(F)c2)C2C(=O)NCCC21. The molecule has 8 heteroatoms. The van der Waals surface area contributed by atoms with E-state index in [4.69, 9.17) is 0 Å². The first-order chi connectivity index (χ1) is 12.2. The minimum Gasteiger partial charge on any atom is -0.368 e. The number of hydrogen-bond donors (Lipinski definition) is 3. The second-order valence-electron chi connectivity index (χ2n) is 6.93. The molecule has 5 atom stereocenters. The molecule has 25 heavy (non-hydrogen) atoms. The van der Waals surface area contributed by atoms with E-state index in [9.17, 15) is 14.4 Å². The highest BCUT2D eigenvalue weighted by Crippen LogP contribution is 2.37. The number of aromatic nitrogens is 1. The Kier molecular flexibility index (Phi) is 4.27. The summed E-state index contributed by atoms with van der Waals surface area (Å²) in [6.45, 7) is 0.638. The van der Waals surface area contributed by atoms with Crippen LogP contribution < -0.4 is 16.1 Å². The molecule has 0 radical (unpaired) electrons. The molecule has 2 saturated heterocycles. The van der Waals surface area contributed by atoms with Crippen molar-refractivity contribution in [2.75, 3.05) is 11.9 Å². The molecule has 1 aliphatic carbocycles. The number of carbonyl (C=O) groups is 1. The van der Waals surface area contributed by atoms with E-state index in [1.165, 1.54) is 12.3 Å². The monoisotopic (exact) mass is 344 g/mol. The first-order valence-corrected chi connectivity index (χ1v) is 8.77. The molecule has 3 fully saturated rings. The number of amides is 1. The van der Waals surface area contributed by atoms with Crippen LogP contribution in [0.1, 0.15) is 25.7 Å². The van der Waals surface area contributed by atoms with Crippen molar-refractivity contribution in [3.63, 3.8) is 0 Å². The molecule has 3 heterocycles. The van der Waals surface area contributed by atoms with E-state index in [-0.39, 0.29) is 36.0 Å². The lowest BCUT2D eigenvalue weighted by molar-refractivity contribution is -0.128. The first kappa shape index (κ1) is 16.2. The Balaban J connectivity index is 1.59. The maximum atomic E-state index is 13.4. The number of carbonyl (C=O) groups excluding carboxylic acids is 1. The maximum absolute atomic E-state index is 13.4. The van der Waals surface area contributed by atoms with Crippen LogP contribution in [0.2, 0.25) is 0 Å². The molecule has 0 bridgehead atoms. The largest absolute Gasteiger partial charge is 0.368 e. The van der Waals surface area contributed by atoms with Crippen LogP contribution in [0.3, 0.4) is 0 Å². The van der Waals surface area contributed by atoms with Gasteiger partial charge in [-0.1, -0.05) is 6.42 Å². The van der Waals surface area contributed by atoms with Gasteiger partial charge in [0.15, 0.2) is 0 Å². The minimum atomic E-state index is -0.565. The van der Waals surface area contributed by atoms with Crippen molar-refractivity contribution in [1.29, 1.82) is 5.26 Å². The Morgan fingerprint density at radius 1 is 1.36 bits per heavy atom. The third kappa shape index (κ3) is 2.94. The normalized spacial score (nSPS) is 35.0. The minimum absolute atomic E-state index is 0.00946. The van der Waals surface area contributed by atoms with Crippen molar-refractivity contribution in [3.05, 3.63) is 24.3 Å². The van der Waals surface area contributed by atoms with E-state index in [2.05, 4.69) is 32.1 Å². The van der Waals surface area contributed by atoms with Crippen LogP contribution >= 0.6 is 0 Å². The molecular formula is C17H21FN6O. The van der Waals surface area contributed by atoms with E-state index < -0.39 is 5.95 Å². The highest BCUT2D eigenvalue weighted by Gasteiger charge is 2.51. The predicted octanol–water partition coefficient (Wildman–Crippen LogP) is 0.976. The summed E-state index contributed by atoms with van der Waals surface area (Å²) in [5, 5.41) is 17.7. The predicted molar refractivity (Wildman–Crippen MR) is 88.2 cm³/mol. The van der Waals surface area contributed by atoms with Gasteiger partial charge in [0.25, 0.3) is 0 Å². The number of anilines is 1. The van der Waals surface area contributed by atoms with Crippen LogP contribution in [0.5, 0.6) is 0 Å². The Hall–Kier alpha value is -2.24. The average Bonchev–Trinajstić information content (AvgIpc) is 3.20. The second-order valence-corrected chi connectivity index (χ2v) is 6.93. The highest BCUT2D eigenvalue weighted by molar-refractivity contribution is 5.82. The number of pyridine rings is 1. The van der Waals surface area contributed by atoms with Gasteiger partial charge in [0.05, 0.1) is 17.9 Å². The van der Waals surface area contributed by atoms with Gasteiger partial charge in [-0.3, -0.25) is 4.79 Å². The fourth-order valence-corrected chi connectivity index (χ4v) is 4.40. The fraction of sp³-hybridized carbons (Fsp3) is 0.588. The third-order valence-electron chi connectivity index (χ3n) is 5.51. The quantitative estimate of drug-likeness (QED) is 0.708. The highest BCUT2D eigenvalue weighted by atomic mass is 19.1. The molecule has 1 aromatic heterocycles. The van der Waals surface area contributed by atoms with Crippen molar-refractivity contribution in [2.24, 2.45) is 11.8 Å². The smallest absolute Gasteiger partial charge is 0.228 e. The maximum Gasteiger partial charge on any atom is 0.228 e. The van der Waals surface area contributed by atoms with Crippen LogP contribution in [-0.4, -0.2) is 40.7 Å². The molecule has 0 aromatic carbocycles. The molecule has 1 amide bonds. The molecule has 7 nitrogen and oxygen atoms in total. The number of halogens is 1. The average molecular weight is 344 g/mol. The summed E-state index contributed by atoms with van der Waals surface area (Å²) in [5.41, 5.74) is 3.98. The van der Waals surface area contributed by atoms with Crippen molar-refractivity contribution in [1.82, 2.24) is 20.7 Å². The Bertz CT molecular complexity index is 707. The summed E-state index contributed by atoms with van der Waals surface area (Å²) in [4.78, 5) is 16.0. The molecule has 2 aliphatic heterocycles. The van der Waals surface area contributed by atoms with Crippen molar-refractivity contribution in [3.8, 4) is 6.07 Å². The van der Waals surface area contributed by atoms with Crippen LogP contribution in [0.25, 0.3) is 0 Å². The van der Waals surface area contributed by atoms with Gasteiger partial charge in [-0.25, -0.2) is 15.4 Å². The van der Waals surface area contributed by atoms with Crippen molar-refractivity contribution >= 4 is 11.6 Å². The van der Waals surface area contributed by atoms with E-state index in [0.29, 0.717) is 12.2 Å². The zero-order chi connectivity index (χ0) is 17.4. The van der Waals surface area contributed by atoms with Crippen molar-refractivity contribution in [2.45, 2.75) is 43.9 Å². The summed E-state index contributed by atoms with van der Waals surface area (Å²) in [6.07, 6.45) is 4.76. The van der Waals surface area contributed by atoms with Gasteiger partial charge in [-0.2, -0.15) is 9.65 Å². The van der Waals surface area contributed by atoms with E-state index in [1.807, 2.05) is 0 Å². The number of hydrogen-bond acceptors (Lipinski definition) is 6. The zero-order valence-corrected chi connectivity index (χ0v) is 13.8. The van der Waals surface area contributed by atoms with Gasteiger partial charge < -0.3 is 10.6 Å². The van der Waals surface area contributed by atoms with Gasteiger partial charge in [-0.15, -0.1) is 0 Å². The van der Waals surface area contributed by atoms with Gasteiger partial charge in [0.1, 0.15) is 6.17 Å². The summed E-state index contributed by atoms with van der Waals surface area (Å²) in [6, 6.07) is 5.55. The lowest BCUT2D eigenvalue weighted by atomic mass is 9.90. The molecule has 4 rings (SSSR count). The molecule has 1 aromatic rings. The summed E-state index contributed by atoms with van der Waals surface area (Å²) >= 11 is 0. The van der Waals surface area contributed by atoms with Gasteiger partial charge in [0, 0.05) is 36.6 Å². The van der Waals surface area contributed by atoms with Crippen LogP contribution in [0.15, 0.2) is 18.3 Å². The Labute approximate surface area is 145 Å². The van der Waals surface area contributed by atoms with Gasteiger partial charge in [0.2, 0.25) is 11.9 Å². The summed E-state index contributed by atoms with van der Waals surface area (Å²) in [5.74, 6) is -0.880. The molecule has 3 unspecified atom stereocenters.